The summed E-state index contributed by atoms with van der Waals surface area (Å²) in [4.78, 5) is 11.4. The van der Waals surface area contributed by atoms with E-state index in [9.17, 15) is 4.79 Å². The Balaban J connectivity index is 2.36. The van der Waals surface area contributed by atoms with Gasteiger partial charge in [0, 0.05) is 11.3 Å². The number of carbonyl (C=O) groups excluding carboxylic acids is 1. The van der Waals surface area contributed by atoms with Gasteiger partial charge in [0.15, 0.2) is 0 Å². The molecular weight excluding hydrogens is 252 g/mol. The molecule has 1 rings (SSSR count). The van der Waals surface area contributed by atoms with E-state index in [1.807, 2.05) is 25.1 Å². The van der Waals surface area contributed by atoms with E-state index >= 15 is 0 Å². The molecule has 0 saturated heterocycles. The molecule has 2 nitrogen and oxygen atoms in total. The third-order valence-electron chi connectivity index (χ3n) is 2.12. The summed E-state index contributed by atoms with van der Waals surface area (Å²) in [7, 11) is 0. The van der Waals surface area contributed by atoms with Crippen molar-refractivity contribution in [2.24, 2.45) is 0 Å². The first kappa shape index (κ1) is 14.2. The SMILES string of the molecule is C/C(=C\S)C(=O)OC(C)SCc1ccccc1. The van der Waals surface area contributed by atoms with Crippen molar-refractivity contribution >= 4 is 30.4 Å². The zero-order valence-corrected chi connectivity index (χ0v) is 11.6. The van der Waals surface area contributed by atoms with Crippen LogP contribution in [-0.4, -0.2) is 11.4 Å². The van der Waals surface area contributed by atoms with E-state index in [1.165, 1.54) is 11.0 Å². The number of carbonyl (C=O) groups is 1. The second-order valence-corrected chi connectivity index (χ2v) is 5.13. The summed E-state index contributed by atoms with van der Waals surface area (Å²) in [6.45, 7) is 3.56. The van der Waals surface area contributed by atoms with Crippen molar-refractivity contribution in [3.05, 3.63) is 46.9 Å². The zero-order chi connectivity index (χ0) is 12.7. The molecule has 4 heteroatoms. The molecule has 0 aliphatic heterocycles. The van der Waals surface area contributed by atoms with Crippen molar-refractivity contribution in [1.82, 2.24) is 0 Å². The number of benzene rings is 1. The van der Waals surface area contributed by atoms with E-state index in [4.69, 9.17) is 4.74 Å². The lowest BCUT2D eigenvalue weighted by atomic mass is 10.2. The van der Waals surface area contributed by atoms with E-state index in [2.05, 4.69) is 24.8 Å². The summed E-state index contributed by atoms with van der Waals surface area (Å²) in [5, 5.41) is 1.46. The van der Waals surface area contributed by atoms with E-state index in [0.717, 1.165) is 5.75 Å². The van der Waals surface area contributed by atoms with Crippen LogP contribution < -0.4 is 0 Å². The molecule has 0 bridgehead atoms. The Morgan fingerprint density at radius 1 is 1.47 bits per heavy atom. The molecular formula is C13H16O2S2. The second kappa shape index (κ2) is 7.45. The third-order valence-corrected chi connectivity index (χ3v) is 3.57. The maximum absolute atomic E-state index is 11.4. The lowest BCUT2D eigenvalue weighted by Crippen LogP contribution is -2.12. The van der Waals surface area contributed by atoms with Gasteiger partial charge in [0.05, 0.1) is 0 Å². The van der Waals surface area contributed by atoms with Crippen molar-refractivity contribution < 1.29 is 9.53 Å². The lowest BCUT2D eigenvalue weighted by Gasteiger charge is -2.12. The lowest BCUT2D eigenvalue weighted by molar-refractivity contribution is -0.139. The van der Waals surface area contributed by atoms with Gasteiger partial charge in [-0.25, -0.2) is 4.79 Å². The molecule has 1 aromatic carbocycles. The minimum atomic E-state index is -0.312. The van der Waals surface area contributed by atoms with Crippen LogP contribution in [0.2, 0.25) is 0 Å². The molecule has 1 atom stereocenters. The fourth-order valence-corrected chi connectivity index (χ4v) is 2.00. The number of ether oxygens (including phenoxy) is 1. The Kier molecular flexibility index (Phi) is 6.22. The van der Waals surface area contributed by atoms with Gasteiger partial charge < -0.3 is 4.74 Å². The van der Waals surface area contributed by atoms with E-state index in [1.54, 1.807) is 18.7 Å². The quantitative estimate of drug-likeness (QED) is 0.382. The van der Waals surface area contributed by atoms with Crippen LogP contribution in [0.25, 0.3) is 0 Å². The minimum absolute atomic E-state index is 0.161. The van der Waals surface area contributed by atoms with Crippen LogP contribution in [0.1, 0.15) is 19.4 Å². The molecule has 0 spiro atoms. The minimum Gasteiger partial charge on any atom is -0.448 e. The van der Waals surface area contributed by atoms with Crippen LogP contribution >= 0.6 is 24.4 Å². The van der Waals surface area contributed by atoms with E-state index < -0.39 is 0 Å². The highest BCUT2D eigenvalue weighted by Crippen LogP contribution is 2.19. The van der Waals surface area contributed by atoms with Crippen LogP contribution in [0.3, 0.4) is 0 Å². The van der Waals surface area contributed by atoms with Gasteiger partial charge in [-0.15, -0.1) is 11.8 Å². The van der Waals surface area contributed by atoms with Crippen molar-refractivity contribution in [2.45, 2.75) is 25.0 Å². The molecule has 0 amide bonds. The average molecular weight is 268 g/mol. The summed E-state index contributed by atoms with van der Waals surface area (Å²) in [5.41, 5.74) is 1.58. The predicted molar refractivity (Wildman–Crippen MR) is 76.0 cm³/mol. The van der Waals surface area contributed by atoms with E-state index in [0.29, 0.717) is 5.57 Å². The number of hydrogen-bond acceptors (Lipinski definition) is 4. The molecule has 0 saturated carbocycles. The summed E-state index contributed by atoms with van der Waals surface area (Å²) < 4.78 is 5.23. The molecule has 0 heterocycles. The molecule has 0 fully saturated rings. The first-order chi connectivity index (χ1) is 8.13. The summed E-state index contributed by atoms with van der Waals surface area (Å²) in [6, 6.07) is 10.1. The number of rotatable bonds is 5. The van der Waals surface area contributed by atoms with Crippen LogP contribution in [-0.2, 0) is 15.3 Å². The standard InChI is InChI=1S/C13H16O2S2/c1-10(8-16)13(14)15-11(2)17-9-12-6-4-3-5-7-12/h3-8,11,16H,9H2,1-2H3/b10-8+. The Morgan fingerprint density at radius 3 is 2.71 bits per heavy atom. The van der Waals surface area contributed by atoms with Crippen molar-refractivity contribution in [3.8, 4) is 0 Å². The molecule has 17 heavy (non-hydrogen) atoms. The van der Waals surface area contributed by atoms with Crippen LogP contribution in [0.4, 0.5) is 0 Å². The first-order valence-corrected chi connectivity index (χ1v) is 6.87. The Morgan fingerprint density at radius 2 is 2.12 bits per heavy atom. The highest BCUT2D eigenvalue weighted by molar-refractivity contribution is 7.99. The average Bonchev–Trinajstić information content (AvgIpc) is 2.36. The molecule has 1 unspecified atom stereocenters. The maximum atomic E-state index is 11.4. The van der Waals surface area contributed by atoms with Crippen molar-refractivity contribution in [3.63, 3.8) is 0 Å². The van der Waals surface area contributed by atoms with Gasteiger partial charge in [0.1, 0.15) is 5.44 Å². The maximum Gasteiger partial charge on any atom is 0.335 e. The van der Waals surface area contributed by atoms with Crippen LogP contribution in [0, 0.1) is 0 Å². The molecule has 0 aromatic heterocycles. The normalized spacial score (nSPS) is 13.2. The fraction of sp³-hybridized carbons (Fsp3) is 0.308. The molecule has 0 radical (unpaired) electrons. The van der Waals surface area contributed by atoms with Gasteiger partial charge in [0.25, 0.3) is 0 Å². The Labute approximate surface area is 112 Å². The van der Waals surface area contributed by atoms with Crippen molar-refractivity contribution in [1.29, 1.82) is 0 Å². The fourth-order valence-electron chi connectivity index (χ4n) is 1.12. The number of thiol groups is 1. The molecule has 1 aromatic rings. The molecule has 0 aliphatic rings. The molecule has 92 valence electrons. The third kappa shape index (κ3) is 5.33. The zero-order valence-electron chi connectivity index (χ0n) is 9.92. The first-order valence-electron chi connectivity index (χ1n) is 5.31. The monoisotopic (exact) mass is 268 g/mol. The van der Waals surface area contributed by atoms with Gasteiger partial charge in [-0.2, -0.15) is 12.6 Å². The predicted octanol–water partition coefficient (Wildman–Crippen LogP) is 3.64. The number of hydrogen-bond donors (Lipinski definition) is 1. The van der Waals surface area contributed by atoms with E-state index in [-0.39, 0.29) is 11.4 Å². The largest absolute Gasteiger partial charge is 0.448 e. The second-order valence-electron chi connectivity index (χ2n) is 3.58. The van der Waals surface area contributed by atoms with Crippen molar-refractivity contribution in [2.75, 3.05) is 0 Å². The highest BCUT2D eigenvalue weighted by Gasteiger charge is 2.11. The number of esters is 1. The topological polar surface area (TPSA) is 26.3 Å². The van der Waals surface area contributed by atoms with Gasteiger partial charge in [0.2, 0.25) is 0 Å². The van der Waals surface area contributed by atoms with Crippen LogP contribution in [0.15, 0.2) is 41.3 Å². The van der Waals surface area contributed by atoms with Gasteiger partial charge in [-0.1, -0.05) is 30.3 Å². The summed E-state index contributed by atoms with van der Waals surface area (Å²) in [6.07, 6.45) is 0. The number of thioether (sulfide) groups is 1. The van der Waals surface area contributed by atoms with Crippen LogP contribution in [0.5, 0.6) is 0 Å². The Hall–Kier alpha value is -0.870. The smallest absolute Gasteiger partial charge is 0.335 e. The van der Waals surface area contributed by atoms with Gasteiger partial charge >= 0.3 is 5.97 Å². The van der Waals surface area contributed by atoms with Gasteiger partial charge in [-0.3, -0.25) is 0 Å². The summed E-state index contributed by atoms with van der Waals surface area (Å²) >= 11 is 5.51. The molecule has 0 aliphatic carbocycles. The summed E-state index contributed by atoms with van der Waals surface area (Å²) in [5.74, 6) is 0.520. The highest BCUT2D eigenvalue weighted by atomic mass is 32.2. The Bertz CT molecular complexity index is 388. The van der Waals surface area contributed by atoms with Gasteiger partial charge in [-0.05, 0) is 24.8 Å². The molecule has 0 N–H and O–H groups in total.